The lowest BCUT2D eigenvalue weighted by molar-refractivity contribution is -0.119. The number of hydrogen-bond donors (Lipinski definition) is 0. The summed E-state index contributed by atoms with van der Waals surface area (Å²) in [5, 5.41) is 0. The van der Waals surface area contributed by atoms with Crippen molar-refractivity contribution in [2.45, 2.75) is 129 Å². The number of unbranched alkanes of at least 4 members (excludes halogenated alkanes) is 14. The predicted octanol–water partition coefficient (Wildman–Crippen LogP) is 7.62. The largest absolute Gasteiger partial charge is 0.300 e. The zero-order valence-corrected chi connectivity index (χ0v) is 15.6. The highest BCUT2D eigenvalue weighted by atomic mass is 16.1. The SMILES string of the molecule is CCCCCCCCCCCCCCC(=O)CCCCCC. The molecule has 0 aliphatic heterocycles. The molecule has 0 heterocycles. The van der Waals surface area contributed by atoms with E-state index >= 15 is 0 Å². The van der Waals surface area contributed by atoms with Gasteiger partial charge in [0.25, 0.3) is 0 Å². The second kappa shape index (κ2) is 18.7. The van der Waals surface area contributed by atoms with Crippen LogP contribution in [0.2, 0.25) is 0 Å². The van der Waals surface area contributed by atoms with Crippen LogP contribution in [-0.4, -0.2) is 5.78 Å². The maximum Gasteiger partial charge on any atom is 0.132 e. The van der Waals surface area contributed by atoms with Gasteiger partial charge < -0.3 is 0 Å². The molecule has 0 N–H and O–H groups in total. The topological polar surface area (TPSA) is 17.1 Å². The van der Waals surface area contributed by atoms with E-state index in [9.17, 15) is 4.79 Å². The zero-order valence-electron chi connectivity index (χ0n) is 15.6. The monoisotopic (exact) mass is 310 g/mol. The Morgan fingerprint density at radius 2 is 0.727 bits per heavy atom. The van der Waals surface area contributed by atoms with Crippen molar-refractivity contribution in [2.75, 3.05) is 0 Å². The van der Waals surface area contributed by atoms with Gasteiger partial charge in [-0.1, -0.05) is 104 Å². The molecule has 0 unspecified atom stereocenters. The minimum atomic E-state index is 0.503. The van der Waals surface area contributed by atoms with E-state index < -0.39 is 0 Å². The fourth-order valence-electron chi connectivity index (χ4n) is 3.04. The molecule has 0 fully saturated rings. The average molecular weight is 311 g/mol. The van der Waals surface area contributed by atoms with Crippen molar-refractivity contribution in [1.82, 2.24) is 0 Å². The van der Waals surface area contributed by atoms with Gasteiger partial charge in [0, 0.05) is 12.8 Å². The van der Waals surface area contributed by atoms with Gasteiger partial charge >= 0.3 is 0 Å². The molecule has 1 heteroatoms. The van der Waals surface area contributed by atoms with E-state index in [-0.39, 0.29) is 0 Å². The van der Waals surface area contributed by atoms with Crippen molar-refractivity contribution < 1.29 is 4.79 Å². The van der Waals surface area contributed by atoms with E-state index in [4.69, 9.17) is 0 Å². The van der Waals surface area contributed by atoms with Crippen LogP contribution in [0.1, 0.15) is 129 Å². The highest BCUT2D eigenvalue weighted by Crippen LogP contribution is 2.13. The minimum Gasteiger partial charge on any atom is -0.300 e. The molecule has 0 amide bonds. The Kier molecular flexibility index (Phi) is 18.4. The van der Waals surface area contributed by atoms with Crippen LogP contribution in [-0.2, 0) is 4.79 Å². The molecular formula is C21H42O. The first-order valence-electron chi connectivity index (χ1n) is 10.3. The molecule has 0 aromatic rings. The normalized spacial score (nSPS) is 11.0. The number of carbonyl (C=O) groups is 1. The standard InChI is InChI=1S/C21H42O/c1-3-5-7-9-10-11-12-13-14-15-16-18-20-21(22)19-17-8-6-4-2/h3-20H2,1-2H3. The summed E-state index contributed by atoms with van der Waals surface area (Å²) in [4.78, 5) is 11.7. The van der Waals surface area contributed by atoms with Crippen LogP contribution in [0.25, 0.3) is 0 Å². The molecule has 0 bridgehead atoms. The summed E-state index contributed by atoms with van der Waals surface area (Å²) in [6.45, 7) is 4.49. The number of carbonyl (C=O) groups excluding carboxylic acids is 1. The first-order chi connectivity index (χ1) is 10.8. The maximum atomic E-state index is 11.7. The van der Waals surface area contributed by atoms with E-state index in [0.717, 1.165) is 25.7 Å². The smallest absolute Gasteiger partial charge is 0.132 e. The molecule has 0 saturated carbocycles. The Bertz CT molecular complexity index is 222. The second-order valence-electron chi connectivity index (χ2n) is 6.99. The Balaban J connectivity index is 3.08. The third-order valence-corrected chi connectivity index (χ3v) is 4.62. The lowest BCUT2D eigenvalue weighted by Crippen LogP contribution is -1.97. The summed E-state index contributed by atoms with van der Waals surface area (Å²) in [6.07, 6.45) is 23.0. The molecule has 0 aliphatic rings. The van der Waals surface area contributed by atoms with Crippen LogP contribution in [0, 0.1) is 0 Å². The first kappa shape index (κ1) is 21.7. The molecule has 0 spiro atoms. The van der Waals surface area contributed by atoms with Gasteiger partial charge in [0.15, 0.2) is 0 Å². The summed E-state index contributed by atoms with van der Waals surface area (Å²) >= 11 is 0. The Hall–Kier alpha value is -0.330. The van der Waals surface area contributed by atoms with Crippen LogP contribution in [0.4, 0.5) is 0 Å². The summed E-state index contributed by atoms with van der Waals surface area (Å²) in [5.74, 6) is 0.503. The maximum absolute atomic E-state index is 11.7. The molecule has 0 aromatic carbocycles. The molecule has 132 valence electrons. The molecule has 0 saturated heterocycles. The van der Waals surface area contributed by atoms with Crippen molar-refractivity contribution in [3.8, 4) is 0 Å². The van der Waals surface area contributed by atoms with Crippen LogP contribution in [0.5, 0.6) is 0 Å². The molecule has 22 heavy (non-hydrogen) atoms. The number of ketones is 1. The first-order valence-corrected chi connectivity index (χ1v) is 10.3. The molecule has 0 radical (unpaired) electrons. The average Bonchev–Trinajstić information content (AvgIpc) is 2.52. The van der Waals surface area contributed by atoms with Gasteiger partial charge in [-0.05, 0) is 12.8 Å². The minimum absolute atomic E-state index is 0.503. The van der Waals surface area contributed by atoms with E-state index in [1.54, 1.807) is 0 Å². The lowest BCUT2D eigenvalue weighted by atomic mass is 10.0. The van der Waals surface area contributed by atoms with E-state index in [1.807, 2.05) is 0 Å². The molecule has 0 aromatic heterocycles. The highest BCUT2D eigenvalue weighted by molar-refractivity contribution is 5.78. The van der Waals surface area contributed by atoms with Crippen LogP contribution in [0.15, 0.2) is 0 Å². The Morgan fingerprint density at radius 3 is 1.09 bits per heavy atom. The van der Waals surface area contributed by atoms with Gasteiger partial charge in [-0.25, -0.2) is 0 Å². The third kappa shape index (κ3) is 17.7. The molecular weight excluding hydrogens is 268 g/mol. The molecule has 0 aliphatic carbocycles. The third-order valence-electron chi connectivity index (χ3n) is 4.62. The Morgan fingerprint density at radius 1 is 0.455 bits per heavy atom. The van der Waals surface area contributed by atoms with E-state index in [0.29, 0.717) is 5.78 Å². The summed E-state index contributed by atoms with van der Waals surface area (Å²) in [7, 11) is 0. The number of rotatable bonds is 18. The quantitative estimate of drug-likeness (QED) is 0.238. The molecule has 0 atom stereocenters. The lowest BCUT2D eigenvalue weighted by Gasteiger charge is -2.03. The predicted molar refractivity (Wildman–Crippen MR) is 99.5 cm³/mol. The van der Waals surface area contributed by atoms with Gasteiger partial charge in [0.2, 0.25) is 0 Å². The number of Topliss-reactive ketones (excluding diaryl/α,β-unsaturated/α-hetero) is 1. The van der Waals surface area contributed by atoms with Crippen molar-refractivity contribution in [1.29, 1.82) is 0 Å². The molecule has 0 rings (SSSR count). The Labute approximate surface area is 140 Å². The fraction of sp³-hybridized carbons (Fsp3) is 0.952. The summed E-state index contributed by atoms with van der Waals surface area (Å²) in [5.41, 5.74) is 0. The van der Waals surface area contributed by atoms with Gasteiger partial charge in [0.1, 0.15) is 5.78 Å². The van der Waals surface area contributed by atoms with Crippen LogP contribution in [0.3, 0.4) is 0 Å². The fourth-order valence-corrected chi connectivity index (χ4v) is 3.04. The van der Waals surface area contributed by atoms with Crippen molar-refractivity contribution in [3.05, 3.63) is 0 Å². The van der Waals surface area contributed by atoms with Crippen molar-refractivity contribution in [2.24, 2.45) is 0 Å². The molecule has 1 nitrogen and oxygen atoms in total. The highest BCUT2D eigenvalue weighted by Gasteiger charge is 2.01. The van der Waals surface area contributed by atoms with Crippen LogP contribution < -0.4 is 0 Å². The van der Waals surface area contributed by atoms with E-state index in [1.165, 1.54) is 89.9 Å². The zero-order chi connectivity index (χ0) is 16.3. The van der Waals surface area contributed by atoms with Crippen molar-refractivity contribution in [3.63, 3.8) is 0 Å². The van der Waals surface area contributed by atoms with Gasteiger partial charge in [-0.3, -0.25) is 4.79 Å². The van der Waals surface area contributed by atoms with Gasteiger partial charge in [-0.15, -0.1) is 0 Å². The van der Waals surface area contributed by atoms with Crippen molar-refractivity contribution >= 4 is 5.78 Å². The summed E-state index contributed by atoms with van der Waals surface area (Å²) in [6, 6.07) is 0. The summed E-state index contributed by atoms with van der Waals surface area (Å²) < 4.78 is 0. The second-order valence-corrected chi connectivity index (χ2v) is 6.99. The number of hydrogen-bond acceptors (Lipinski definition) is 1. The van der Waals surface area contributed by atoms with Gasteiger partial charge in [-0.2, -0.15) is 0 Å². The van der Waals surface area contributed by atoms with Crippen LogP contribution >= 0.6 is 0 Å². The van der Waals surface area contributed by atoms with E-state index in [2.05, 4.69) is 13.8 Å². The van der Waals surface area contributed by atoms with Gasteiger partial charge in [0.05, 0.1) is 0 Å².